The van der Waals surface area contributed by atoms with E-state index in [1.807, 2.05) is 34.6 Å². The molecule has 8 nitrogen and oxygen atoms in total. The highest BCUT2D eigenvalue weighted by molar-refractivity contribution is 5.97. The molecule has 0 aliphatic heterocycles. The van der Waals surface area contributed by atoms with Crippen LogP contribution < -0.4 is 16.4 Å². The number of benzene rings is 1. The summed E-state index contributed by atoms with van der Waals surface area (Å²) in [7, 11) is 0. The topological polar surface area (TPSA) is 125 Å². The summed E-state index contributed by atoms with van der Waals surface area (Å²) in [5.74, 6) is -3.48. The number of hydrogen-bond donors (Lipinski definition) is 4. The number of carbonyl (C=O) groups is 3. The van der Waals surface area contributed by atoms with E-state index in [2.05, 4.69) is 10.6 Å². The second-order valence-corrected chi connectivity index (χ2v) is 12.1. The van der Waals surface area contributed by atoms with Gasteiger partial charge >= 0.3 is 0 Å². The van der Waals surface area contributed by atoms with Crippen molar-refractivity contribution in [3.8, 4) is 0 Å². The number of amides is 3. The smallest absolute Gasteiger partial charge is 0.249 e. The highest BCUT2D eigenvalue weighted by Gasteiger charge is 2.48. The summed E-state index contributed by atoms with van der Waals surface area (Å²) in [6, 6.07) is 2.46. The van der Waals surface area contributed by atoms with Gasteiger partial charge in [-0.05, 0) is 62.6 Å². The summed E-state index contributed by atoms with van der Waals surface area (Å²) in [5.41, 5.74) is 5.79. The number of primary amides is 1. The molecule has 0 fully saturated rings. The lowest BCUT2D eigenvalue weighted by Crippen LogP contribution is -2.53. The van der Waals surface area contributed by atoms with E-state index < -0.39 is 41.0 Å². The molecule has 4 atom stereocenters. The predicted molar refractivity (Wildman–Crippen MR) is 165 cm³/mol. The molecule has 0 saturated carbocycles. The fourth-order valence-corrected chi connectivity index (χ4v) is 5.81. The van der Waals surface area contributed by atoms with Crippen LogP contribution in [0.25, 0.3) is 0 Å². The van der Waals surface area contributed by atoms with Crippen LogP contribution in [0.15, 0.2) is 41.5 Å². The van der Waals surface area contributed by atoms with E-state index in [1.165, 1.54) is 0 Å². The van der Waals surface area contributed by atoms with E-state index in [0.29, 0.717) is 37.2 Å². The molecule has 0 heterocycles. The molecule has 3 amide bonds. The maximum atomic E-state index is 14.2. The number of aliphatic hydroxyl groups excluding tert-OH is 1. The van der Waals surface area contributed by atoms with E-state index in [9.17, 15) is 28.3 Å². The number of rotatable bonds is 17. The first kappa shape index (κ1) is 36.1. The molecule has 1 aromatic rings. The lowest BCUT2D eigenvalue weighted by atomic mass is 9.63. The molecule has 2 rings (SSSR count). The number of aliphatic hydroxyl groups is 1. The first-order valence-electron chi connectivity index (χ1n) is 15.4. The van der Waals surface area contributed by atoms with Crippen LogP contribution in [0.3, 0.4) is 0 Å². The number of nitrogens with zero attached hydrogens (tertiary/aromatic N) is 1. The number of nitrogens with one attached hydrogen (secondary N) is 2. The molecule has 1 aliphatic rings. The molecule has 240 valence electrons. The third kappa shape index (κ3) is 9.96. The summed E-state index contributed by atoms with van der Waals surface area (Å²) >= 11 is 0. The van der Waals surface area contributed by atoms with E-state index in [4.69, 9.17) is 5.73 Å². The minimum Gasteiger partial charge on any atom is -0.391 e. The highest BCUT2D eigenvalue weighted by atomic mass is 19.1. The first-order chi connectivity index (χ1) is 20.3. The average molecular weight is 605 g/mol. The fraction of sp³-hybridized carbons (Fsp3) is 0.606. The van der Waals surface area contributed by atoms with Gasteiger partial charge in [0.1, 0.15) is 11.6 Å². The van der Waals surface area contributed by atoms with Gasteiger partial charge in [-0.1, -0.05) is 52.3 Å². The lowest BCUT2D eigenvalue weighted by Gasteiger charge is -2.42. The lowest BCUT2D eigenvalue weighted by molar-refractivity contribution is -0.132. The van der Waals surface area contributed by atoms with Gasteiger partial charge in [0.05, 0.1) is 17.6 Å². The van der Waals surface area contributed by atoms with Gasteiger partial charge in [0, 0.05) is 43.7 Å². The average Bonchev–Trinajstić information content (AvgIpc) is 2.93. The highest BCUT2D eigenvalue weighted by Crippen LogP contribution is 2.44. The SMILES string of the molecule is CCCN(CCC)C(=O)C1=CC(C)=CC(C(N)=O)([C@H](Cc2cc(F)cc(F)c2)[C@@H](O)CN[C@H](CC)C(=O)NCC(C)C)C1. The van der Waals surface area contributed by atoms with Crippen molar-refractivity contribution in [1.82, 2.24) is 15.5 Å². The zero-order valence-corrected chi connectivity index (χ0v) is 26.5. The Hall–Kier alpha value is -3.11. The molecule has 5 N–H and O–H groups in total. The van der Waals surface area contributed by atoms with E-state index in [1.54, 1.807) is 24.0 Å². The Kier molecular flexibility index (Phi) is 14.0. The third-order valence-corrected chi connectivity index (χ3v) is 7.86. The molecule has 43 heavy (non-hydrogen) atoms. The minimum absolute atomic E-state index is 0.0754. The Bertz CT molecular complexity index is 1160. The molecule has 1 unspecified atom stereocenters. The van der Waals surface area contributed by atoms with Crippen LogP contribution in [0.2, 0.25) is 0 Å². The van der Waals surface area contributed by atoms with Gasteiger partial charge in [-0.25, -0.2) is 8.78 Å². The van der Waals surface area contributed by atoms with Gasteiger partial charge in [-0.15, -0.1) is 0 Å². The third-order valence-electron chi connectivity index (χ3n) is 7.86. The largest absolute Gasteiger partial charge is 0.391 e. The number of hydrogen-bond acceptors (Lipinski definition) is 5. The van der Waals surface area contributed by atoms with Gasteiger partial charge in [-0.2, -0.15) is 0 Å². The molecule has 0 spiro atoms. The van der Waals surface area contributed by atoms with Crippen molar-refractivity contribution in [3.63, 3.8) is 0 Å². The van der Waals surface area contributed by atoms with E-state index in [-0.39, 0.29) is 42.7 Å². The van der Waals surface area contributed by atoms with Crippen molar-refractivity contribution in [2.24, 2.45) is 23.0 Å². The quantitative estimate of drug-likeness (QED) is 0.214. The van der Waals surface area contributed by atoms with Gasteiger partial charge in [0.15, 0.2) is 0 Å². The van der Waals surface area contributed by atoms with Gasteiger partial charge in [-0.3, -0.25) is 14.4 Å². The monoisotopic (exact) mass is 604 g/mol. The Morgan fingerprint density at radius 2 is 1.65 bits per heavy atom. The van der Waals surface area contributed by atoms with Crippen molar-refractivity contribution in [2.75, 3.05) is 26.2 Å². The van der Waals surface area contributed by atoms with Gasteiger partial charge in [0.25, 0.3) is 0 Å². The van der Waals surface area contributed by atoms with Crippen LogP contribution in [0.1, 0.15) is 72.8 Å². The second-order valence-electron chi connectivity index (χ2n) is 12.1. The molecule has 0 saturated heterocycles. The summed E-state index contributed by atoms with van der Waals surface area (Å²) in [6.45, 7) is 13.0. The zero-order valence-electron chi connectivity index (χ0n) is 26.5. The molecule has 0 bridgehead atoms. The van der Waals surface area contributed by atoms with Crippen molar-refractivity contribution in [1.29, 1.82) is 0 Å². The van der Waals surface area contributed by atoms with E-state index >= 15 is 0 Å². The number of carbonyl (C=O) groups excluding carboxylic acids is 3. The number of allylic oxidation sites excluding steroid dienone is 2. The van der Waals surface area contributed by atoms with Gasteiger partial charge < -0.3 is 26.4 Å². The number of halogens is 2. The Labute approximate surface area is 255 Å². The summed E-state index contributed by atoms with van der Waals surface area (Å²) < 4.78 is 28.5. The van der Waals surface area contributed by atoms with Crippen LogP contribution in [0, 0.1) is 28.9 Å². The van der Waals surface area contributed by atoms with Crippen molar-refractivity contribution in [3.05, 3.63) is 58.7 Å². The summed E-state index contributed by atoms with van der Waals surface area (Å²) in [4.78, 5) is 41.6. The van der Waals surface area contributed by atoms with E-state index in [0.717, 1.165) is 31.0 Å². The van der Waals surface area contributed by atoms with Crippen LogP contribution in [0.5, 0.6) is 0 Å². The van der Waals surface area contributed by atoms with Crippen LogP contribution in [-0.4, -0.2) is 66.1 Å². The molecule has 1 aromatic carbocycles. The minimum atomic E-state index is -1.54. The molecule has 1 aliphatic carbocycles. The zero-order chi connectivity index (χ0) is 32.3. The molecular weight excluding hydrogens is 554 g/mol. The first-order valence-corrected chi connectivity index (χ1v) is 15.4. The maximum Gasteiger partial charge on any atom is 0.249 e. The second kappa shape index (κ2) is 16.7. The van der Waals surface area contributed by atoms with Crippen LogP contribution in [0.4, 0.5) is 8.78 Å². The molecule has 10 heteroatoms. The molecule has 0 radical (unpaired) electrons. The normalized spacial score (nSPS) is 18.8. The van der Waals surface area contributed by atoms with Crippen LogP contribution in [-0.2, 0) is 20.8 Å². The summed E-state index contributed by atoms with van der Waals surface area (Å²) in [6.07, 6.45) is 3.91. The predicted octanol–water partition coefficient (Wildman–Crippen LogP) is 4.02. The number of nitrogens with two attached hydrogens (primary N) is 1. The standard InChI is InChI=1S/C33H50F2N4O4/c1-7-10-39(11-8-2)31(42)24-12-22(6)17-33(18-24,32(36)43)27(15-23-13-25(34)16-26(35)14-23)29(40)20-37-28(9-3)30(41)38-19-21(4)5/h12-14,16-17,21,27-29,37,40H,7-11,15,18-20H2,1-6H3,(H2,36,43)(H,38,41)/t27-,28-,29+,33?/m1/s1. The van der Waals surface area contributed by atoms with Crippen molar-refractivity contribution in [2.45, 2.75) is 85.8 Å². The van der Waals surface area contributed by atoms with Crippen molar-refractivity contribution >= 4 is 17.7 Å². The fourth-order valence-electron chi connectivity index (χ4n) is 5.81. The molecular formula is C33H50F2N4O4. The van der Waals surface area contributed by atoms with Crippen molar-refractivity contribution < 1.29 is 28.3 Å². The summed E-state index contributed by atoms with van der Waals surface area (Å²) in [5, 5.41) is 17.7. The Morgan fingerprint density at radius 3 is 2.16 bits per heavy atom. The Morgan fingerprint density at radius 1 is 1.05 bits per heavy atom. The Balaban J connectivity index is 2.52. The van der Waals surface area contributed by atoms with Gasteiger partial charge in [0.2, 0.25) is 17.7 Å². The molecule has 0 aromatic heterocycles. The van der Waals surface area contributed by atoms with Crippen LogP contribution >= 0.6 is 0 Å². The maximum absolute atomic E-state index is 14.2.